The number of oxime groups is 1. The van der Waals surface area contributed by atoms with Gasteiger partial charge >= 0.3 is 0 Å². The molecule has 19 heavy (non-hydrogen) atoms. The van der Waals surface area contributed by atoms with Crippen LogP contribution in [-0.2, 0) is 0 Å². The summed E-state index contributed by atoms with van der Waals surface area (Å²) in [5.74, 6) is 1.47. The lowest BCUT2D eigenvalue weighted by molar-refractivity contribution is 0.207. The van der Waals surface area contributed by atoms with Gasteiger partial charge in [0.05, 0.1) is 12.2 Å². The molecule has 0 atom stereocenters. The van der Waals surface area contributed by atoms with Crippen molar-refractivity contribution in [2.45, 2.75) is 39.0 Å². The van der Waals surface area contributed by atoms with Gasteiger partial charge in [-0.15, -0.1) is 0 Å². The summed E-state index contributed by atoms with van der Waals surface area (Å²) in [6.07, 6.45) is 6.43. The zero-order chi connectivity index (χ0) is 13.7. The lowest BCUT2D eigenvalue weighted by atomic mass is 9.90. The van der Waals surface area contributed by atoms with Crippen molar-refractivity contribution in [3.05, 3.63) is 29.3 Å². The van der Waals surface area contributed by atoms with Gasteiger partial charge in [-0.2, -0.15) is 0 Å². The van der Waals surface area contributed by atoms with Crippen molar-refractivity contribution in [2.24, 2.45) is 16.8 Å². The molecule has 2 rings (SSSR count). The number of ether oxygens (including phenoxy) is 1. The molecule has 1 aliphatic carbocycles. The number of amidine groups is 1. The minimum absolute atomic E-state index is 0.0994. The molecule has 0 unspecified atom stereocenters. The molecule has 0 spiro atoms. The number of hydrogen-bond donors (Lipinski definition) is 2. The number of nitrogens with two attached hydrogens (primary N) is 1. The highest BCUT2D eigenvalue weighted by atomic mass is 16.5. The van der Waals surface area contributed by atoms with Gasteiger partial charge in [0, 0.05) is 0 Å². The summed E-state index contributed by atoms with van der Waals surface area (Å²) in [4.78, 5) is 0. The molecule has 0 aromatic heterocycles. The summed E-state index contributed by atoms with van der Waals surface area (Å²) in [5.41, 5.74) is 7.37. The summed E-state index contributed by atoms with van der Waals surface area (Å²) in [6.45, 7) is 2.70. The first-order valence-corrected chi connectivity index (χ1v) is 6.92. The number of nitrogens with zero attached hydrogens (tertiary/aromatic N) is 1. The average Bonchev–Trinajstić information content (AvgIpc) is 2.46. The van der Waals surface area contributed by atoms with E-state index in [4.69, 9.17) is 15.7 Å². The molecule has 1 fully saturated rings. The molecule has 1 aromatic carbocycles. The van der Waals surface area contributed by atoms with Crippen LogP contribution in [0.2, 0.25) is 0 Å². The normalized spacial score (nSPS) is 17.4. The Morgan fingerprint density at radius 1 is 1.37 bits per heavy atom. The van der Waals surface area contributed by atoms with Crippen molar-refractivity contribution < 1.29 is 9.94 Å². The summed E-state index contributed by atoms with van der Waals surface area (Å²) in [5, 5.41) is 11.9. The van der Waals surface area contributed by atoms with Crippen LogP contribution in [-0.4, -0.2) is 17.6 Å². The fourth-order valence-electron chi connectivity index (χ4n) is 2.65. The van der Waals surface area contributed by atoms with Crippen LogP contribution in [0.25, 0.3) is 0 Å². The van der Waals surface area contributed by atoms with E-state index in [2.05, 4.69) is 5.16 Å². The molecular formula is C15H22N2O2. The lowest BCUT2D eigenvalue weighted by Crippen LogP contribution is -2.19. The van der Waals surface area contributed by atoms with Crippen molar-refractivity contribution in [1.82, 2.24) is 0 Å². The number of hydrogen-bond acceptors (Lipinski definition) is 3. The Labute approximate surface area is 114 Å². The summed E-state index contributed by atoms with van der Waals surface area (Å²) in [7, 11) is 0. The Kier molecular flexibility index (Phi) is 4.66. The third-order valence-electron chi connectivity index (χ3n) is 3.78. The molecule has 1 saturated carbocycles. The van der Waals surface area contributed by atoms with Crippen molar-refractivity contribution >= 4 is 5.84 Å². The van der Waals surface area contributed by atoms with Crippen molar-refractivity contribution in [3.63, 3.8) is 0 Å². The Hall–Kier alpha value is -1.71. The van der Waals surface area contributed by atoms with Gasteiger partial charge in [-0.3, -0.25) is 0 Å². The summed E-state index contributed by atoms with van der Waals surface area (Å²) in [6, 6.07) is 5.68. The number of aryl methyl sites for hydroxylation is 1. The fourth-order valence-corrected chi connectivity index (χ4v) is 2.65. The van der Waals surface area contributed by atoms with Crippen LogP contribution >= 0.6 is 0 Å². The van der Waals surface area contributed by atoms with E-state index >= 15 is 0 Å². The topological polar surface area (TPSA) is 67.8 Å². The molecule has 3 N–H and O–H groups in total. The smallest absolute Gasteiger partial charge is 0.173 e. The van der Waals surface area contributed by atoms with Gasteiger partial charge < -0.3 is 15.7 Å². The van der Waals surface area contributed by atoms with Crippen LogP contribution in [0.15, 0.2) is 23.4 Å². The zero-order valence-electron chi connectivity index (χ0n) is 11.4. The van der Waals surface area contributed by atoms with Gasteiger partial charge in [-0.1, -0.05) is 36.6 Å². The van der Waals surface area contributed by atoms with Crippen LogP contribution in [0.1, 0.15) is 43.2 Å². The van der Waals surface area contributed by atoms with Gasteiger partial charge in [-0.05, 0) is 37.3 Å². The largest absolute Gasteiger partial charge is 0.492 e. The molecule has 104 valence electrons. The standard InChI is InChI=1S/C15H22N2O2/c1-11-6-5-9-13(15(16)17-18)14(11)19-10-12-7-3-2-4-8-12/h5-6,9,12,18H,2-4,7-8,10H2,1H3,(H2,16,17). The predicted molar refractivity (Wildman–Crippen MR) is 75.8 cm³/mol. The molecule has 4 nitrogen and oxygen atoms in total. The molecule has 0 aliphatic heterocycles. The number of rotatable bonds is 4. The third-order valence-corrected chi connectivity index (χ3v) is 3.78. The maximum absolute atomic E-state index is 8.83. The fraction of sp³-hybridized carbons (Fsp3) is 0.533. The van der Waals surface area contributed by atoms with E-state index in [0.717, 1.165) is 17.9 Å². The van der Waals surface area contributed by atoms with Gasteiger partial charge in [0.1, 0.15) is 5.75 Å². The highest BCUT2D eigenvalue weighted by molar-refractivity contribution is 5.99. The average molecular weight is 262 g/mol. The van der Waals surface area contributed by atoms with Gasteiger partial charge in [-0.25, -0.2) is 0 Å². The Morgan fingerprint density at radius 2 is 2.11 bits per heavy atom. The summed E-state index contributed by atoms with van der Waals surface area (Å²) >= 11 is 0. The predicted octanol–water partition coefficient (Wildman–Crippen LogP) is 3.05. The second kappa shape index (κ2) is 6.45. The number of benzene rings is 1. The number of para-hydroxylation sites is 1. The molecule has 0 radical (unpaired) electrons. The maximum Gasteiger partial charge on any atom is 0.173 e. The first-order chi connectivity index (χ1) is 9.22. The monoisotopic (exact) mass is 262 g/mol. The molecule has 0 bridgehead atoms. The molecule has 0 saturated heterocycles. The minimum Gasteiger partial charge on any atom is -0.492 e. The minimum atomic E-state index is 0.0994. The SMILES string of the molecule is Cc1cccc(/C(N)=N/O)c1OCC1CCCCC1. The van der Waals surface area contributed by atoms with Gasteiger partial charge in [0.15, 0.2) is 5.84 Å². The van der Waals surface area contributed by atoms with Crippen LogP contribution in [0.5, 0.6) is 5.75 Å². The van der Waals surface area contributed by atoms with E-state index in [1.165, 1.54) is 32.1 Å². The van der Waals surface area contributed by atoms with Crippen LogP contribution < -0.4 is 10.5 Å². The highest BCUT2D eigenvalue weighted by Gasteiger charge is 2.16. The first kappa shape index (κ1) is 13.7. The zero-order valence-corrected chi connectivity index (χ0v) is 11.4. The molecule has 0 heterocycles. The third kappa shape index (κ3) is 3.40. The van der Waals surface area contributed by atoms with E-state index in [1.807, 2.05) is 25.1 Å². The van der Waals surface area contributed by atoms with E-state index in [9.17, 15) is 0 Å². The van der Waals surface area contributed by atoms with Gasteiger partial charge in [0.2, 0.25) is 0 Å². The Balaban J connectivity index is 2.10. The Bertz CT molecular complexity index is 451. The molecule has 1 aliphatic rings. The van der Waals surface area contributed by atoms with Crippen molar-refractivity contribution in [2.75, 3.05) is 6.61 Å². The molecular weight excluding hydrogens is 240 g/mol. The second-order valence-corrected chi connectivity index (χ2v) is 5.25. The van der Waals surface area contributed by atoms with E-state index < -0.39 is 0 Å². The van der Waals surface area contributed by atoms with Crippen LogP contribution in [0.3, 0.4) is 0 Å². The lowest BCUT2D eigenvalue weighted by Gasteiger charge is -2.23. The van der Waals surface area contributed by atoms with Gasteiger partial charge in [0.25, 0.3) is 0 Å². The molecule has 1 aromatic rings. The summed E-state index contributed by atoms with van der Waals surface area (Å²) < 4.78 is 5.96. The Morgan fingerprint density at radius 3 is 2.79 bits per heavy atom. The highest BCUT2D eigenvalue weighted by Crippen LogP contribution is 2.27. The first-order valence-electron chi connectivity index (χ1n) is 6.92. The van der Waals surface area contributed by atoms with Crippen LogP contribution in [0.4, 0.5) is 0 Å². The van der Waals surface area contributed by atoms with Crippen LogP contribution in [0, 0.1) is 12.8 Å². The van der Waals surface area contributed by atoms with E-state index in [1.54, 1.807) is 0 Å². The molecule has 0 amide bonds. The van der Waals surface area contributed by atoms with E-state index in [0.29, 0.717) is 11.5 Å². The van der Waals surface area contributed by atoms with E-state index in [-0.39, 0.29) is 5.84 Å². The van der Waals surface area contributed by atoms with Crippen molar-refractivity contribution in [1.29, 1.82) is 0 Å². The molecule has 4 heteroatoms. The second-order valence-electron chi connectivity index (χ2n) is 5.25. The maximum atomic E-state index is 8.83. The van der Waals surface area contributed by atoms with Crippen molar-refractivity contribution in [3.8, 4) is 5.75 Å². The quantitative estimate of drug-likeness (QED) is 0.379.